The van der Waals surface area contributed by atoms with Crippen molar-refractivity contribution in [3.8, 4) is 17.2 Å². The largest absolute Gasteiger partial charge is 0.497 e. The SMILES string of the molecule is CCc1ccc2c(c1)c(=O)oc1cc(OCc3cccc(OC)c3)c(OC)cc12. The van der Waals surface area contributed by atoms with Crippen molar-refractivity contribution in [3.05, 3.63) is 76.1 Å². The topological polar surface area (TPSA) is 57.9 Å². The third-order valence-electron chi connectivity index (χ3n) is 5.00. The Morgan fingerprint density at radius 2 is 1.69 bits per heavy atom. The second-order valence-electron chi connectivity index (χ2n) is 6.76. The van der Waals surface area contributed by atoms with Gasteiger partial charge in [-0.1, -0.05) is 31.2 Å². The lowest BCUT2D eigenvalue weighted by Crippen LogP contribution is -2.02. The van der Waals surface area contributed by atoms with E-state index < -0.39 is 0 Å². The quantitative estimate of drug-likeness (QED) is 0.338. The Bertz CT molecular complexity index is 1240. The first-order chi connectivity index (χ1) is 14.1. The summed E-state index contributed by atoms with van der Waals surface area (Å²) < 4.78 is 22.4. The second kappa shape index (κ2) is 7.87. The molecule has 0 atom stereocenters. The van der Waals surface area contributed by atoms with E-state index >= 15 is 0 Å². The molecule has 0 bridgehead atoms. The maximum absolute atomic E-state index is 12.5. The molecule has 1 aromatic heterocycles. The number of fused-ring (bicyclic) bond motifs is 3. The highest BCUT2D eigenvalue weighted by atomic mass is 16.5. The van der Waals surface area contributed by atoms with E-state index in [-0.39, 0.29) is 5.63 Å². The molecule has 0 amide bonds. The van der Waals surface area contributed by atoms with Gasteiger partial charge in [0, 0.05) is 16.8 Å². The summed E-state index contributed by atoms with van der Waals surface area (Å²) >= 11 is 0. The van der Waals surface area contributed by atoms with Gasteiger partial charge < -0.3 is 18.6 Å². The summed E-state index contributed by atoms with van der Waals surface area (Å²) in [6.07, 6.45) is 0.855. The van der Waals surface area contributed by atoms with Crippen LogP contribution in [0.15, 0.2) is 63.8 Å². The zero-order valence-corrected chi connectivity index (χ0v) is 16.7. The molecular formula is C24H22O5. The van der Waals surface area contributed by atoms with E-state index in [0.717, 1.165) is 34.1 Å². The van der Waals surface area contributed by atoms with E-state index in [0.29, 0.717) is 29.1 Å². The van der Waals surface area contributed by atoms with E-state index in [1.54, 1.807) is 20.3 Å². The number of methoxy groups -OCH3 is 2. The van der Waals surface area contributed by atoms with Crippen molar-refractivity contribution in [2.24, 2.45) is 0 Å². The zero-order chi connectivity index (χ0) is 20.4. The van der Waals surface area contributed by atoms with Crippen molar-refractivity contribution >= 4 is 21.7 Å². The molecule has 0 aliphatic rings. The molecule has 5 nitrogen and oxygen atoms in total. The number of hydrogen-bond acceptors (Lipinski definition) is 5. The van der Waals surface area contributed by atoms with Crippen LogP contribution in [0.3, 0.4) is 0 Å². The lowest BCUT2D eigenvalue weighted by molar-refractivity contribution is 0.284. The molecule has 0 N–H and O–H groups in total. The Morgan fingerprint density at radius 3 is 2.45 bits per heavy atom. The average molecular weight is 390 g/mol. The average Bonchev–Trinajstić information content (AvgIpc) is 2.77. The van der Waals surface area contributed by atoms with Crippen LogP contribution in [0, 0.1) is 0 Å². The predicted molar refractivity (Wildman–Crippen MR) is 113 cm³/mol. The Balaban J connectivity index is 1.77. The molecule has 0 spiro atoms. The summed E-state index contributed by atoms with van der Waals surface area (Å²) in [5.74, 6) is 1.85. The van der Waals surface area contributed by atoms with Gasteiger partial charge in [-0.2, -0.15) is 0 Å². The molecule has 148 valence electrons. The van der Waals surface area contributed by atoms with E-state index in [4.69, 9.17) is 18.6 Å². The Labute approximate surface area is 168 Å². The fourth-order valence-corrected chi connectivity index (χ4v) is 3.40. The number of hydrogen-bond donors (Lipinski definition) is 0. The van der Waals surface area contributed by atoms with Gasteiger partial charge in [-0.05, 0) is 41.8 Å². The Kier molecular flexibility index (Phi) is 5.12. The molecule has 0 aliphatic heterocycles. The minimum atomic E-state index is -0.355. The number of benzene rings is 3. The van der Waals surface area contributed by atoms with Crippen LogP contribution < -0.4 is 19.8 Å². The molecule has 0 radical (unpaired) electrons. The van der Waals surface area contributed by atoms with Crippen molar-refractivity contribution in [1.29, 1.82) is 0 Å². The van der Waals surface area contributed by atoms with Gasteiger partial charge in [-0.15, -0.1) is 0 Å². The molecule has 0 saturated carbocycles. The standard InChI is InChI=1S/C24H22O5/c1-4-15-8-9-18-19-12-22(27-3)23(13-21(19)29-24(25)20(18)11-15)28-14-16-6-5-7-17(10-16)26-2/h5-13H,4,14H2,1-3H3. The first-order valence-corrected chi connectivity index (χ1v) is 9.46. The number of rotatable bonds is 6. The van der Waals surface area contributed by atoms with Crippen molar-refractivity contribution in [2.75, 3.05) is 14.2 Å². The van der Waals surface area contributed by atoms with Crippen LogP contribution in [0.4, 0.5) is 0 Å². The van der Waals surface area contributed by atoms with E-state index in [1.165, 1.54) is 0 Å². The van der Waals surface area contributed by atoms with Gasteiger partial charge in [0.1, 0.15) is 17.9 Å². The van der Waals surface area contributed by atoms with Gasteiger partial charge in [0.15, 0.2) is 11.5 Å². The van der Waals surface area contributed by atoms with Crippen molar-refractivity contribution in [1.82, 2.24) is 0 Å². The highest BCUT2D eigenvalue weighted by Gasteiger charge is 2.14. The number of aryl methyl sites for hydroxylation is 1. The molecule has 0 fully saturated rings. The summed E-state index contributed by atoms with van der Waals surface area (Å²) in [6, 6.07) is 17.1. The fourth-order valence-electron chi connectivity index (χ4n) is 3.40. The monoisotopic (exact) mass is 390 g/mol. The van der Waals surface area contributed by atoms with Crippen LogP contribution >= 0.6 is 0 Å². The van der Waals surface area contributed by atoms with Gasteiger partial charge in [-0.3, -0.25) is 0 Å². The minimum Gasteiger partial charge on any atom is -0.497 e. The Hall–Kier alpha value is -3.47. The molecule has 29 heavy (non-hydrogen) atoms. The molecule has 4 aromatic rings. The van der Waals surface area contributed by atoms with Crippen LogP contribution in [-0.4, -0.2) is 14.2 Å². The van der Waals surface area contributed by atoms with E-state index in [1.807, 2.05) is 48.5 Å². The first-order valence-electron chi connectivity index (χ1n) is 9.46. The maximum atomic E-state index is 12.5. The number of ether oxygens (including phenoxy) is 3. The molecule has 5 heteroatoms. The lowest BCUT2D eigenvalue weighted by Gasteiger charge is -2.13. The van der Waals surface area contributed by atoms with Crippen LogP contribution in [0.1, 0.15) is 18.1 Å². The van der Waals surface area contributed by atoms with Gasteiger partial charge in [0.05, 0.1) is 19.6 Å². The molecule has 0 saturated heterocycles. The third kappa shape index (κ3) is 3.63. The highest BCUT2D eigenvalue weighted by Crippen LogP contribution is 2.35. The lowest BCUT2D eigenvalue weighted by atomic mass is 10.0. The maximum Gasteiger partial charge on any atom is 0.344 e. The smallest absolute Gasteiger partial charge is 0.344 e. The molecule has 3 aromatic carbocycles. The van der Waals surface area contributed by atoms with Gasteiger partial charge >= 0.3 is 5.63 Å². The first kappa shape index (κ1) is 18.9. The molecule has 0 unspecified atom stereocenters. The summed E-state index contributed by atoms with van der Waals surface area (Å²) in [5, 5.41) is 2.22. The highest BCUT2D eigenvalue weighted by molar-refractivity contribution is 6.05. The molecule has 1 heterocycles. The normalized spacial score (nSPS) is 11.0. The fraction of sp³-hybridized carbons (Fsp3) is 0.208. The van der Waals surface area contributed by atoms with Crippen molar-refractivity contribution in [2.45, 2.75) is 20.0 Å². The minimum absolute atomic E-state index is 0.330. The molecule has 0 aliphatic carbocycles. The summed E-state index contributed by atoms with van der Waals surface area (Å²) in [4.78, 5) is 12.5. The van der Waals surface area contributed by atoms with E-state index in [2.05, 4.69) is 6.92 Å². The van der Waals surface area contributed by atoms with Crippen LogP contribution in [0.2, 0.25) is 0 Å². The second-order valence-corrected chi connectivity index (χ2v) is 6.76. The van der Waals surface area contributed by atoms with E-state index in [9.17, 15) is 4.79 Å². The molecular weight excluding hydrogens is 368 g/mol. The van der Waals surface area contributed by atoms with Crippen molar-refractivity contribution in [3.63, 3.8) is 0 Å². The summed E-state index contributed by atoms with van der Waals surface area (Å²) in [7, 11) is 3.22. The van der Waals surface area contributed by atoms with Crippen molar-refractivity contribution < 1.29 is 18.6 Å². The van der Waals surface area contributed by atoms with Crippen LogP contribution in [-0.2, 0) is 13.0 Å². The predicted octanol–water partition coefficient (Wildman–Crippen LogP) is 5.10. The van der Waals surface area contributed by atoms with Gasteiger partial charge in [0.2, 0.25) is 0 Å². The van der Waals surface area contributed by atoms with Gasteiger partial charge in [0.25, 0.3) is 0 Å². The van der Waals surface area contributed by atoms with Crippen LogP contribution in [0.5, 0.6) is 17.2 Å². The molecule has 4 rings (SSSR count). The van der Waals surface area contributed by atoms with Gasteiger partial charge in [-0.25, -0.2) is 4.79 Å². The Morgan fingerprint density at radius 1 is 0.828 bits per heavy atom. The summed E-state index contributed by atoms with van der Waals surface area (Å²) in [5.41, 5.74) is 2.16. The third-order valence-corrected chi connectivity index (χ3v) is 5.00. The summed E-state index contributed by atoms with van der Waals surface area (Å²) in [6.45, 7) is 2.38. The zero-order valence-electron chi connectivity index (χ0n) is 16.7. The van der Waals surface area contributed by atoms with Crippen LogP contribution in [0.25, 0.3) is 21.7 Å².